The van der Waals surface area contributed by atoms with Crippen molar-refractivity contribution in [1.29, 1.82) is 0 Å². The van der Waals surface area contributed by atoms with Crippen LogP contribution in [0.2, 0.25) is 0 Å². The molecule has 0 saturated heterocycles. The first-order valence-corrected chi connectivity index (χ1v) is 5.63. The van der Waals surface area contributed by atoms with Gasteiger partial charge in [0.25, 0.3) is 0 Å². The molecule has 0 fully saturated rings. The van der Waals surface area contributed by atoms with Gasteiger partial charge in [0.15, 0.2) is 6.10 Å². The van der Waals surface area contributed by atoms with Crippen LogP contribution >= 0.6 is 0 Å². The first-order chi connectivity index (χ1) is 8.47. The van der Waals surface area contributed by atoms with Crippen molar-refractivity contribution in [2.24, 2.45) is 0 Å². The molecule has 0 saturated carbocycles. The van der Waals surface area contributed by atoms with Crippen molar-refractivity contribution < 1.29 is 24.2 Å². The predicted octanol–water partition coefficient (Wildman–Crippen LogP) is 2.02. The summed E-state index contributed by atoms with van der Waals surface area (Å²) >= 11 is 0. The number of carbonyl (C=O) groups excluding carboxylic acids is 1. The number of aryl methyl sites for hydroxylation is 1. The quantitative estimate of drug-likeness (QED) is 0.811. The lowest BCUT2D eigenvalue weighted by Crippen LogP contribution is -2.27. The van der Waals surface area contributed by atoms with Gasteiger partial charge >= 0.3 is 11.9 Å². The van der Waals surface area contributed by atoms with Crippen molar-refractivity contribution in [2.75, 3.05) is 6.61 Å². The second-order valence-corrected chi connectivity index (χ2v) is 3.77. The molecule has 1 aromatic rings. The second-order valence-electron chi connectivity index (χ2n) is 3.77. The maximum atomic E-state index is 11.4. The minimum atomic E-state index is -1.09. The molecular weight excluding hydrogens is 236 g/mol. The van der Waals surface area contributed by atoms with Crippen LogP contribution in [0.25, 0.3) is 0 Å². The number of carbonyl (C=O) groups is 2. The number of para-hydroxylation sites is 1. The maximum Gasteiger partial charge on any atom is 0.347 e. The zero-order valence-corrected chi connectivity index (χ0v) is 10.6. The van der Waals surface area contributed by atoms with Crippen molar-refractivity contribution in [3.8, 4) is 5.75 Å². The normalized spacial score (nSPS) is 11.7. The zero-order valence-electron chi connectivity index (χ0n) is 10.6. The number of aromatic carboxylic acids is 1. The monoisotopic (exact) mass is 252 g/mol. The Kier molecular flexibility index (Phi) is 4.71. The highest BCUT2D eigenvalue weighted by molar-refractivity contribution is 5.91. The van der Waals surface area contributed by atoms with Gasteiger partial charge in [-0.2, -0.15) is 0 Å². The predicted molar refractivity (Wildman–Crippen MR) is 64.9 cm³/mol. The lowest BCUT2D eigenvalue weighted by Gasteiger charge is -2.16. The minimum Gasteiger partial charge on any atom is -0.478 e. The Morgan fingerprint density at radius 3 is 2.61 bits per heavy atom. The van der Waals surface area contributed by atoms with Gasteiger partial charge in [0.05, 0.1) is 6.61 Å². The highest BCUT2D eigenvalue weighted by Crippen LogP contribution is 2.24. The molecule has 0 aliphatic rings. The molecule has 0 spiro atoms. The average molecular weight is 252 g/mol. The molecule has 0 heterocycles. The summed E-state index contributed by atoms with van der Waals surface area (Å²) in [4.78, 5) is 22.5. The fourth-order valence-electron chi connectivity index (χ4n) is 1.46. The molecule has 5 nitrogen and oxygen atoms in total. The number of ether oxygens (including phenoxy) is 2. The smallest absolute Gasteiger partial charge is 0.347 e. The second kappa shape index (κ2) is 6.05. The Labute approximate surface area is 105 Å². The Morgan fingerprint density at radius 2 is 2.06 bits per heavy atom. The van der Waals surface area contributed by atoms with E-state index in [4.69, 9.17) is 14.6 Å². The summed E-state index contributed by atoms with van der Waals surface area (Å²) in [5.41, 5.74) is 0.692. The fourth-order valence-corrected chi connectivity index (χ4v) is 1.46. The third-order valence-corrected chi connectivity index (χ3v) is 2.36. The minimum absolute atomic E-state index is 0.0335. The van der Waals surface area contributed by atoms with Crippen molar-refractivity contribution in [1.82, 2.24) is 0 Å². The Hall–Kier alpha value is -2.04. The Morgan fingerprint density at radius 1 is 1.39 bits per heavy atom. The van der Waals surface area contributed by atoms with Crippen LogP contribution in [0.4, 0.5) is 0 Å². The van der Waals surface area contributed by atoms with Gasteiger partial charge in [-0.1, -0.05) is 12.1 Å². The summed E-state index contributed by atoms with van der Waals surface area (Å²) in [6, 6.07) is 4.78. The van der Waals surface area contributed by atoms with Crippen molar-refractivity contribution in [3.63, 3.8) is 0 Å². The molecular formula is C13H16O5. The van der Waals surface area contributed by atoms with Crippen LogP contribution in [0.15, 0.2) is 18.2 Å². The number of rotatable bonds is 5. The van der Waals surface area contributed by atoms with Crippen molar-refractivity contribution in [3.05, 3.63) is 29.3 Å². The van der Waals surface area contributed by atoms with Crippen LogP contribution in [0, 0.1) is 6.92 Å². The van der Waals surface area contributed by atoms with E-state index in [0.29, 0.717) is 5.56 Å². The van der Waals surface area contributed by atoms with Crippen LogP contribution in [0.1, 0.15) is 29.8 Å². The molecule has 0 aliphatic carbocycles. The summed E-state index contributed by atoms with van der Waals surface area (Å²) in [5, 5.41) is 9.05. The third-order valence-electron chi connectivity index (χ3n) is 2.36. The Bertz CT molecular complexity index is 453. The number of carboxylic acids is 1. The van der Waals surface area contributed by atoms with Gasteiger partial charge < -0.3 is 14.6 Å². The van der Waals surface area contributed by atoms with Crippen LogP contribution in [-0.4, -0.2) is 29.8 Å². The summed E-state index contributed by atoms with van der Waals surface area (Å²) in [6.07, 6.45) is -0.843. The van der Waals surface area contributed by atoms with Crippen molar-refractivity contribution >= 4 is 11.9 Å². The van der Waals surface area contributed by atoms with Crippen LogP contribution in [0.3, 0.4) is 0 Å². The standard InChI is InChI=1S/C13H16O5/c1-4-17-13(16)9(3)18-11-8(2)6-5-7-10(11)12(14)15/h5-7,9H,4H2,1-3H3,(H,14,15). The van der Waals surface area contributed by atoms with E-state index in [1.165, 1.54) is 13.0 Å². The fraction of sp³-hybridized carbons (Fsp3) is 0.385. The first-order valence-electron chi connectivity index (χ1n) is 5.63. The molecule has 0 bridgehead atoms. The highest BCUT2D eigenvalue weighted by Gasteiger charge is 2.20. The number of esters is 1. The van der Waals surface area contributed by atoms with Crippen molar-refractivity contribution in [2.45, 2.75) is 26.9 Å². The Balaban J connectivity index is 2.96. The van der Waals surface area contributed by atoms with E-state index in [1.807, 2.05) is 0 Å². The van der Waals surface area contributed by atoms with E-state index in [-0.39, 0.29) is 17.9 Å². The summed E-state index contributed by atoms with van der Waals surface area (Å²) < 4.78 is 10.2. The molecule has 5 heteroatoms. The molecule has 98 valence electrons. The summed E-state index contributed by atoms with van der Waals surface area (Å²) in [6.45, 7) is 5.20. The van der Waals surface area contributed by atoms with Gasteiger partial charge in [0, 0.05) is 0 Å². The van der Waals surface area contributed by atoms with Crippen LogP contribution in [-0.2, 0) is 9.53 Å². The molecule has 1 atom stereocenters. The van der Waals surface area contributed by atoms with E-state index < -0.39 is 18.0 Å². The molecule has 1 rings (SSSR count). The van der Waals surface area contributed by atoms with Gasteiger partial charge in [0.1, 0.15) is 11.3 Å². The number of carboxylic acid groups (broad SMARTS) is 1. The average Bonchev–Trinajstić information content (AvgIpc) is 2.31. The molecule has 0 radical (unpaired) electrons. The first kappa shape index (κ1) is 14.0. The molecule has 0 aliphatic heterocycles. The van der Waals surface area contributed by atoms with E-state index in [1.54, 1.807) is 26.0 Å². The molecule has 18 heavy (non-hydrogen) atoms. The van der Waals surface area contributed by atoms with Gasteiger partial charge in [-0.05, 0) is 32.4 Å². The largest absolute Gasteiger partial charge is 0.478 e. The van der Waals surface area contributed by atoms with Crippen LogP contribution in [0.5, 0.6) is 5.75 Å². The van der Waals surface area contributed by atoms with Gasteiger partial charge in [-0.15, -0.1) is 0 Å². The lowest BCUT2D eigenvalue weighted by molar-refractivity contribution is -0.150. The molecule has 0 amide bonds. The van der Waals surface area contributed by atoms with Gasteiger partial charge in [-0.25, -0.2) is 9.59 Å². The SMILES string of the molecule is CCOC(=O)C(C)Oc1c(C)cccc1C(=O)O. The topological polar surface area (TPSA) is 72.8 Å². The van der Waals surface area contributed by atoms with E-state index >= 15 is 0 Å². The molecule has 0 aromatic heterocycles. The summed E-state index contributed by atoms with van der Waals surface area (Å²) in [5.74, 6) is -1.41. The third kappa shape index (κ3) is 3.23. The van der Waals surface area contributed by atoms with E-state index in [0.717, 1.165) is 0 Å². The number of benzene rings is 1. The van der Waals surface area contributed by atoms with E-state index in [2.05, 4.69) is 0 Å². The number of hydrogen-bond acceptors (Lipinski definition) is 4. The van der Waals surface area contributed by atoms with Crippen LogP contribution < -0.4 is 4.74 Å². The zero-order chi connectivity index (χ0) is 13.7. The molecule has 1 aromatic carbocycles. The molecule has 1 unspecified atom stereocenters. The number of hydrogen-bond donors (Lipinski definition) is 1. The highest BCUT2D eigenvalue weighted by atomic mass is 16.6. The summed E-state index contributed by atoms with van der Waals surface area (Å²) in [7, 11) is 0. The lowest BCUT2D eigenvalue weighted by atomic mass is 10.1. The van der Waals surface area contributed by atoms with Gasteiger partial charge in [0.2, 0.25) is 0 Å². The van der Waals surface area contributed by atoms with Gasteiger partial charge in [-0.3, -0.25) is 0 Å². The van der Waals surface area contributed by atoms with E-state index in [9.17, 15) is 9.59 Å². The maximum absolute atomic E-state index is 11.4. The molecule has 1 N–H and O–H groups in total.